The summed E-state index contributed by atoms with van der Waals surface area (Å²) in [5, 5.41) is 0.746. The number of hydrogen-bond acceptors (Lipinski definition) is 3. The Labute approximate surface area is 125 Å². The molecule has 0 bridgehead atoms. The molecular formula is C17H12FNO3. The fraction of sp³-hybridized carbons (Fsp3) is 0.0588. The first-order valence-corrected chi connectivity index (χ1v) is 6.67. The first-order valence-electron chi connectivity index (χ1n) is 6.67. The number of hydrogen-bond donors (Lipinski definition) is 1. The normalized spacial score (nSPS) is 10.6. The van der Waals surface area contributed by atoms with Crippen molar-refractivity contribution >= 4 is 16.9 Å². The lowest BCUT2D eigenvalue weighted by Crippen LogP contribution is -2.19. The van der Waals surface area contributed by atoms with Crippen LogP contribution in [0.5, 0.6) is 0 Å². The quantitative estimate of drug-likeness (QED) is 0.756. The number of fused-ring (bicyclic) bond motifs is 1. The Kier molecular flexibility index (Phi) is 3.70. The molecule has 1 aromatic heterocycles. The van der Waals surface area contributed by atoms with Crippen LogP contribution in [0.25, 0.3) is 10.9 Å². The van der Waals surface area contributed by atoms with Crippen LogP contribution in [-0.4, -0.2) is 11.0 Å². The molecule has 0 saturated carbocycles. The van der Waals surface area contributed by atoms with Crippen molar-refractivity contribution in [2.45, 2.75) is 6.61 Å². The van der Waals surface area contributed by atoms with E-state index in [1.165, 1.54) is 30.3 Å². The number of H-pyrrole nitrogens is 1. The predicted molar refractivity (Wildman–Crippen MR) is 80.1 cm³/mol. The van der Waals surface area contributed by atoms with Gasteiger partial charge in [0, 0.05) is 5.52 Å². The minimum Gasteiger partial charge on any atom is -0.457 e. The van der Waals surface area contributed by atoms with Crippen LogP contribution in [0.2, 0.25) is 0 Å². The molecule has 0 spiro atoms. The van der Waals surface area contributed by atoms with Gasteiger partial charge in [-0.15, -0.1) is 0 Å². The molecule has 3 aromatic rings. The Morgan fingerprint density at radius 3 is 2.59 bits per heavy atom. The van der Waals surface area contributed by atoms with Gasteiger partial charge in [0.25, 0.3) is 5.56 Å². The topological polar surface area (TPSA) is 59.2 Å². The summed E-state index contributed by atoms with van der Waals surface area (Å²) in [7, 11) is 0. The summed E-state index contributed by atoms with van der Waals surface area (Å²) in [6.45, 7) is -0.0224. The van der Waals surface area contributed by atoms with Crippen LogP contribution in [0.3, 0.4) is 0 Å². The second kappa shape index (κ2) is 5.81. The maximum absolute atomic E-state index is 12.8. The summed E-state index contributed by atoms with van der Waals surface area (Å²) in [4.78, 5) is 26.6. The second-order valence-electron chi connectivity index (χ2n) is 4.80. The van der Waals surface area contributed by atoms with Crippen LogP contribution in [0.1, 0.15) is 15.9 Å². The maximum atomic E-state index is 12.8. The molecule has 5 heteroatoms. The van der Waals surface area contributed by atoms with Gasteiger partial charge >= 0.3 is 5.97 Å². The fourth-order valence-corrected chi connectivity index (χ4v) is 2.11. The molecule has 3 rings (SSSR count). The highest BCUT2D eigenvalue weighted by Crippen LogP contribution is 2.11. The molecule has 0 atom stereocenters. The summed E-state index contributed by atoms with van der Waals surface area (Å²) < 4.78 is 17.9. The van der Waals surface area contributed by atoms with E-state index in [-0.39, 0.29) is 18.0 Å². The zero-order valence-electron chi connectivity index (χ0n) is 11.5. The van der Waals surface area contributed by atoms with Gasteiger partial charge in [-0.25, -0.2) is 9.18 Å². The standard InChI is InChI=1S/C17H12FNO3/c18-13-7-5-11(6-8-13)10-22-17(21)14-9-12-3-1-2-4-15(12)19-16(14)20/h1-9H,10H2,(H,19,20). The summed E-state index contributed by atoms with van der Waals surface area (Å²) >= 11 is 0. The molecule has 0 fully saturated rings. The first kappa shape index (κ1) is 14.0. The fourth-order valence-electron chi connectivity index (χ4n) is 2.11. The molecule has 0 saturated heterocycles. The number of rotatable bonds is 3. The van der Waals surface area contributed by atoms with Crippen molar-refractivity contribution in [1.29, 1.82) is 0 Å². The van der Waals surface area contributed by atoms with E-state index in [1.807, 2.05) is 6.07 Å². The van der Waals surface area contributed by atoms with Gasteiger partial charge < -0.3 is 9.72 Å². The summed E-state index contributed by atoms with van der Waals surface area (Å²) in [5.74, 6) is -1.07. The molecule has 0 radical (unpaired) electrons. The maximum Gasteiger partial charge on any atom is 0.344 e. The van der Waals surface area contributed by atoms with Crippen LogP contribution in [0.4, 0.5) is 4.39 Å². The molecule has 0 aliphatic heterocycles. The zero-order chi connectivity index (χ0) is 15.5. The van der Waals surface area contributed by atoms with Crippen molar-refractivity contribution < 1.29 is 13.9 Å². The van der Waals surface area contributed by atoms with Gasteiger partial charge in [0.2, 0.25) is 0 Å². The lowest BCUT2D eigenvalue weighted by molar-refractivity contribution is 0.0471. The molecule has 0 unspecified atom stereocenters. The third-order valence-electron chi connectivity index (χ3n) is 3.26. The number of benzene rings is 2. The smallest absolute Gasteiger partial charge is 0.344 e. The average Bonchev–Trinajstić information content (AvgIpc) is 2.53. The minimum absolute atomic E-state index is 0.0224. The van der Waals surface area contributed by atoms with Gasteiger partial charge in [-0.1, -0.05) is 30.3 Å². The summed E-state index contributed by atoms with van der Waals surface area (Å²) in [6.07, 6.45) is 0. The number of carbonyl (C=O) groups excluding carboxylic acids is 1. The third kappa shape index (κ3) is 2.88. The molecule has 2 aromatic carbocycles. The summed E-state index contributed by atoms with van der Waals surface area (Å²) in [5.41, 5.74) is 0.748. The van der Waals surface area contributed by atoms with E-state index in [9.17, 15) is 14.0 Å². The van der Waals surface area contributed by atoms with Gasteiger partial charge in [0.05, 0.1) is 0 Å². The van der Waals surface area contributed by atoms with Gasteiger partial charge in [-0.3, -0.25) is 4.79 Å². The number of nitrogens with one attached hydrogen (secondary N) is 1. The lowest BCUT2D eigenvalue weighted by atomic mass is 10.1. The molecule has 0 aliphatic rings. The Morgan fingerprint density at radius 1 is 1.09 bits per heavy atom. The van der Waals surface area contributed by atoms with Gasteiger partial charge in [0.1, 0.15) is 18.0 Å². The van der Waals surface area contributed by atoms with E-state index >= 15 is 0 Å². The number of para-hydroxylation sites is 1. The van der Waals surface area contributed by atoms with Crippen LogP contribution in [0.15, 0.2) is 59.4 Å². The van der Waals surface area contributed by atoms with Crippen LogP contribution in [0, 0.1) is 5.82 Å². The monoisotopic (exact) mass is 297 g/mol. The lowest BCUT2D eigenvalue weighted by Gasteiger charge is -2.05. The van der Waals surface area contributed by atoms with Crippen molar-refractivity contribution in [3.63, 3.8) is 0 Å². The Morgan fingerprint density at radius 2 is 1.82 bits per heavy atom. The highest BCUT2D eigenvalue weighted by Gasteiger charge is 2.13. The van der Waals surface area contributed by atoms with Gasteiger partial charge in [-0.2, -0.15) is 0 Å². The Bertz CT molecular complexity index is 884. The van der Waals surface area contributed by atoms with Gasteiger partial charge in [0.15, 0.2) is 0 Å². The average molecular weight is 297 g/mol. The highest BCUT2D eigenvalue weighted by atomic mass is 19.1. The van der Waals surface area contributed by atoms with E-state index in [2.05, 4.69) is 4.98 Å². The van der Waals surface area contributed by atoms with Crippen molar-refractivity contribution in [1.82, 2.24) is 4.98 Å². The molecule has 110 valence electrons. The molecular weight excluding hydrogens is 285 g/mol. The second-order valence-corrected chi connectivity index (χ2v) is 4.80. The number of pyridine rings is 1. The van der Waals surface area contributed by atoms with E-state index in [1.54, 1.807) is 18.2 Å². The van der Waals surface area contributed by atoms with E-state index in [0.29, 0.717) is 11.1 Å². The van der Waals surface area contributed by atoms with Crippen molar-refractivity contribution in [3.05, 3.63) is 81.9 Å². The first-order chi connectivity index (χ1) is 10.6. The number of carbonyl (C=O) groups is 1. The number of halogens is 1. The van der Waals surface area contributed by atoms with Crippen LogP contribution in [-0.2, 0) is 11.3 Å². The largest absolute Gasteiger partial charge is 0.457 e. The molecule has 1 N–H and O–H groups in total. The molecule has 1 heterocycles. The van der Waals surface area contributed by atoms with Crippen LogP contribution < -0.4 is 5.56 Å². The van der Waals surface area contributed by atoms with Crippen molar-refractivity contribution in [3.8, 4) is 0 Å². The Hall–Kier alpha value is -2.95. The number of ether oxygens (including phenoxy) is 1. The SMILES string of the molecule is O=C(OCc1ccc(F)cc1)c1cc2ccccc2[nH]c1=O. The summed E-state index contributed by atoms with van der Waals surface area (Å²) in [6, 6.07) is 14.3. The zero-order valence-corrected chi connectivity index (χ0v) is 11.5. The van der Waals surface area contributed by atoms with E-state index < -0.39 is 11.5 Å². The van der Waals surface area contributed by atoms with Crippen molar-refractivity contribution in [2.75, 3.05) is 0 Å². The highest BCUT2D eigenvalue weighted by molar-refractivity contribution is 5.93. The Balaban J connectivity index is 1.81. The van der Waals surface area contributed by atoms with E-state index in [0.717, 1.165) is 5.39 Å². The van der Waals surface area contributed by atoms with E-state index in [4.69, 9.17) is 4.74 Å². The molecule has 4 nitrogen and oxygen atoms in total. The minimum atomic E-state index is -0.712. The number of aromatic amines is 1. The molecule has 22 heavy (non-hydrogen) atoms. The van der Waals surface area contributed by atoms with Gasteiger partial charge in [-0.05, 0) is 35.2 Å². The van der Waals surface area contributed by atoms with Crippen LogP contribution >= 0.6 is 0 Å². The molecule has 0 aliphatic carbocycles. The van der Waals surface area contributed by atoms with Crippen molar-refractivity contribution in [2.24, 2.45) is 0 Å². The molecule has 0 amide bonds. The number of aromatic nitrogens is 1. The third-order valence-corrected chi connectivity index (χ3v) is 3.26. The number of esters is 1. The predicted octanol–water partition coefficient (Wildman–Crippen LogP) is 3.02.